The summed E-state index contributed by atoms with van der Waals surface area (Å²) < 4.78 is 0. The van der Waals surface area contributed by atoms with Crippen molar-refractivity contribution in [2.75, 3.05) is 12.9 Å². The van der Waals surface area contributed by atoms with E-state index < -0.39 is 0 Å². The monoisotopic (exact) mass is 257 g/mol. The van der Waals surface area contributed by atoms with Crippen molar-refractivity contribution in [3.05, 3.63) is 23.8 Å². The van der Waals surface area contributed by atoms with Crippen LogP contribution in [0.1, 0.15) is 12.5 Å². The van der Waals surface area contributed by atoms with Gasteiger partial charge in [-0.15, -0.1) is 0 Å². The molecule has 0 bridgehead atoms. The molecule has 0 aliphatic rings. The molecule has 0 aliphatic heterocycles. The summed E-state index contributed by atoms with van der Waals surface area (Å²) in [7, 11) is 0. The normalized spacial score (nSPS) is 14.5. The highest BCUT2D eigenvalue weighted by molar-refractivity contribution is 7.99. The van der Waals surface area contributed by atoms with Gasteiger partial charge in [0.1, 0.15) is 11.5 Å². The molecular formula is C12H19NO3S. The Kier molecular flexibility index (Phi) is 5.61. The molecular weight excluding hydrogens is 238 g/mol. The van der Waals surface area contributed by atoms with Crippen LogP contribution in [0.4, 0.5) is 0 Å². The molecule has 0 amide bonds. The molecule has 1 rings (SSSR count). The van der Waals surface area contributed by atoms with Gasteiger partial charge in [0.15, 0.2) is 0 Å². The van der Waals surface area contributed by atoms with Crippen molar-refractivity contribution in [3.63, 3.8) is 0 Å². The minimum Gasteiger partial charge on any atom is -0.508 e. The van der Waals surface area contributed by atoms with E-state index in [1.54, 1.807) is 23.9 Å². The number of hydrogen-bond donors (Lipinski definition) is 4. The van der Waals surface area contributed by atoms with E-state index in [1.807, 2.05) is 13.2 Å². The first-order valence-corrected chi connectivity index (χ1v) is 6.75. The number of hydrogen-bond acceptors (Lipinski definition) is 5. The zero-order chi connectivity index (χ0) is 12.8. The van der Waals surface area contributed by atoms with Crippen molar-refractivity contribution < 1.29 is 15.3 Å². The molecule has 0 radical (unpaired) electrons. The lowest BCUT2D eigenvalue weighted by Gasteiger charge is -2.21. The van der Waals surface area contributed by atoms with Crippen molar-refractivity contribution in [2.24, 2.45) is 0 Å². The average Bonchev–Trinajstić information content (AvgIpc) is 2.29. The number of nitrogens with one attached hydrogen (secondary N) is 1. The predicted molar refractivity (Wildman–Crippen MR) is 70.5 cm³/mol. The van der Waals surface area contributed by atoms with Gasteiger partial charge in [0.2, 0.25) is 0 Å². The molecule has 0 aliphatic carbocycles. The van der Waals surface area contributed by atoms with Gasteiger partial charge in [-0.2, -0.15) is 11.8 Å². The van der Waals surface area contributed by atoms with E-state index in [-0.39, 0.29) is 29.4 Å². The van der Waals surface area contributed by atoms with Crippen LogP contribution in [-0.4, -0.2) is 39.5 Å². The van der Waals surface area contributed by atoms with E-state index in [4.69, 9.17) is 10.2 Å². The lowest BCUT2D eigenvalue weighted by molar-refractivity contribution is 0.275. The van der Waals surface area contributed by atoms with Crippen LogP contribution in [0.3, 0.4) is 0 Å². The maximum absolute atomic E-state index is 9.60. The van der Waals surface area contributed by atoms with E-state index in [0.717, 1.165) is 5.56 Å². The summed E-state index contributed by atoms with van der Waals surface area (Å²) in [6, 6.07) is 4.68. The van der Waals surface area contributed by atoms with Gasteiger partial charge in [0, 0.05) is 29.5 Å². The summed E-state index contributed by atoms with van der Waals surface area (Å²) in [4.78, 5) is 0. The van der Waals surface area contributed by atoms with E-state index in [0.29, 0.717) is 6.54 Å². The Morgan fingerprint density at radius 1 is 1.35 bits per heavy atom. The molecule has 0 saturated heterocycles. The molecule has 0 aromatic heterocycles. The number of benzene rings is 1. The Morgan fingerprint density at radius 3 is 2.59 bits per heavy atom. The third kappa shape index (κ3) is 4.11. The standard InChI is InChI=1S/C12H19NO3S/c1-8(12(7-14)17-2)13-6-9-3-4-10(15)5-11(9)16/h3-5,8,12-16H,6-7H2,1-2H3. The zero-order valence-electron chi connectivity index (χ0n) is 10.1. The molecule has 2 atom stereocenters. The first-order chi connectivity index (χ1) is 8.08. The van der Waals surface area contributed by atoms with Crippen LogP contribution < -0.4 is 5.32 Å². The van der Waals surface area contributed by atoms with Crippen molar-refractivity contribution >= 4 is 11.8 Å². The highest BCUT2D eigenvalue weighted by Gasteiger charge is 2.14. The zero-order valence-corrected chi connectivity index (χ0v) is 10.9. The molecule has 5 heteroatoms. The Hall–Kier alpha value is -0.910. The minimum absolute atomic E-state index is 0.0525. The first kappa shape index (κ1) is 14.2. The second-order valence-corrected chi connectivity index (χ2v) is 5.02. The van der Waals surface area contributed by atoms with Crippen LogP contribution in [0.2, 0.25) is 0 Å². The molecule has 17 heavy (non-hydrogen) atoms. The molecule has 4 nitrogen and oxygen atoms in total. The number of aliphatic hydroxyl groups is 1. The largest absolute Gasteiger partial charge is 0.508 e. The molecule has 0 heterocycles. The number of rotatable bonds is 6. The number of thioether (sulfide) groups is 1. The lowest BCUT2D eigenvalue weighted by Crippen LogP contribution is -2.37. The third-order valence-electron chi connectivity index (χ3n) is 2.72. The minimum atomic E-state index is 0.0525. The van der Waals surface area contributed by atoms with Gasteiger partial charge in [-0.3, -0.25) is 0 Å². The fraction of sp³-hybridized carbons (Fsp3) is 0.500. The maximum atomic E-state index is 9.60. The van der Waals surface area contributed by atoms with Crippen LogP contribution in [0.25, 0.3) is 0 Å². The predicted octanol–water partition coefficient (Wildman–Crippen LogP) is 1.30. The number of phenols is 2. The van der Waals surface area contributed by atoms with E-state index in [2.05, 4.69) is 5.32 Å². The third-order valence-corrected chi connectivity index (χ3v) is 3.89. The van der Waals surface area contributed by atoms with Crippen LogP contribution >= 0.6 is 11.8 Å². The molecule has 4 N–H and O–H groups in total. The van der Waals surface area contributed by atoms with Crippen LogP contribution in [0.15, 0.2) is 18.2 Å². The van der Waals surface area contributed by atoms with Crippen molar-refractivity contribution in [2.45, 2.75) is 24.8 Å². The smallest absolute Gasteiger partial charge is 0.123 e. The second kappa shape index (κ2) is 6.74. The van der Waals surface area contributed by atoms with Gasteiger partial charge in [0.05, 0.1) is 6.61 Å². The van der Waals surface area contributed by atoms with Crippen molar-refractivity contribution in [1.82, 2.24) is 5.32 Å². The lowest BCUT2D eigenvalue weighted by atomic mass is 10.1. The number of phenolic OH excluding ortho intramolecular Hbond substituents is 2. The number of aliphatic hydroxyl groups excluding tert-OH is 1. The average molecular weight is 257 g/mol. The van der Waals surface area contributed by atoms with Gasteiger partial charge >= 0.3 is 0 Å². The van der Waals surface area contributed by atoms with Gasteiger partial charge < -0.3 is 20.6 Å². The summed E-state index contributed by atoms with van der Waals surface area (Å²) in [6.07, 6.45) is 1.96. The van der Waals surface area contributed by atoms with Gasteiger partial charge in [-0.25, -0.2) is 0 Å². The summed E-state index contributed by atoms with van der Waals surface area (Å²) in [6.45, 7) is 2.62. The van der Waals surface area contributed by atoms with Crippen molar-refractivity contribution in [1.29, 1.82) is 0 Å². The topological polar surface area (TPSA) is 72.7 Å². The first-order valence-electron chi connectivity index (χ1n) is 5.46. The summed E-state index contributed by atoms with van der Waals surface area (Å²) in [5.41, 5.74) is 0.729. The Labute approximate surface area is 106 Å². The SMILES string of the molecule is CSC(CO)C(C)NCc1ccc(O)cc1O. The quantitative estimate of drug-likeness (QED) is 0.618. The second-order valence-electron chi connectivity index (χ2n) is 3.94. The van der Waals surface area contributed by atoms with Crippen LogP contribution in [-0.2, 0) is 6.54 Å². The highest BCUT2D eigenvalue weighted by Crippen LogP contribution is 2.22. The Bertz CT molecular complexity index is 356. The summed E-state index contributed by atoms with van der Waals surface area (Å²) >= 11 is 1.60. The molecule has 1 aromatic rings. The fourth-order valence-electron chi connectivity index (χ4n) is 1.54. The Morgan fingerprint density at radius 2 is 2.06 bits per heavy atom. The molecule has 2 unspecified atom stereocenters. The van der Waals surface area contributed by atoms with Gasteiger partial charge in [-0.1, -0.05) is 6.07 Å². The molecule has 1 aromatic carbocycles. The highest BCUT2D eigenvalue weighted by atomic mass is 32.2. The van der Waals surface area contributed by atoms with Gasteiger partial charge in [-0.05, 0) is 19.2 Å². The maximum Gasteiger partial charge on any atom is 0.123 e. The molecule has 0 saturated carbocycles. The van der Waals surface area contributed by atoms with E-state index >= 15 is 0 Å². The fourth-order valence-corrected chi connectivity index (χ4v) is 2.19. The van der Waals surface area contributed by atoms with Crippen LogP contribution in [0, 0.1) is 0 Å². The molecule has 96 valence electrons. The van der Waals surface area contributed by atoms with E-state index in [9.17, 15) is 5.11 Å². The summed E-state index contributed by atoms with van der Waals surface area (Å²) in [5.74, 6) is 0.131. The van der Waals surface area contributed by atoms with Crippen LogP contribution in [0.5, 0.6) is 11.5 Å². The Balaban J connectivity index is 2.55. The molecule has 0 spiro atoms. The summed E-state index contributed by atoms with van der Waals surface area (Å²) in [5, 5.41) is 31.3. The number of aromatic hydroxyl groups is 2. The van der Waals surface area contributed by atoms with Crippen molar-refractivity contribution in [3.8, 4) is 11.5 Å². The van der Waals surface area contributed by atoms with E-state index in [1.165, 1.54) is 6.07 Å². The molecule has 0 fully saturated rings. The van der Waals surface area contributed by atoms with Gasteiger partial charge in [0.25, 0.3) is 0 Å².